The number of ketones is 1. The van der Waals surface area contributed by atoms with E-state index in [1.165, 1.54) is 11.8 Å². The van der Waals surface area contributed by atoms with Gasteiger partial charge in [-0.1, -0.05) is 49.9 Å². The van der Waals surface area contributed by atoms with Gasteiger partial charge in [-0.25, -0.2) is 4.98 Å². The molecular formula is C28H24N4O3S2. The van der Waals surface area contributed by atoms with Crippen molar-refractivity contribution in [3.8, 4) is 22.0 Å². The predicted molar refractivity (Wildman–Crippen MR) is 148 cm³/mol. The number of nitrogens with zero attached hydrogens (tertiary/aromatic N) is 3. The number of pyridine rings is 1. The Morgan fingerprint density at radius 2 is 1.84 bits per heavy atom. The number of fused-ring (bicyclic) bond motifs is 1. The van der Waals surface area contributed by atoms with Crippen LogP contribution in [0.3, 0.4) is 0 Å². The second-order valence-corrected chi connectivity index (χ2v) is 10.7. The number of para-hydroxylation sites is 1. The standard InChI is InChI=1S/C28H24N4O3S2/c1-17(2)14-26(34)29-19-11-9-18(10-12-19)24(33)16-37-28-32-31-27(35-28)21-15-23(25-8-5-13-36-25)30-22-7-4-3-6-20(21)22/h3-13,15,17H,14,16H2,1-2H3,(H,29,34). The molecule has 186 valence electrons. The number of nitrogens with one attached hydrogen (secondary N) is 1. The third-order valence-corrected chi connectivity index (χ3v) is 7.25. The Balaban J connectivity index is 1.28. The normalized spacial score (nSPS) is 11.2. The van der Waals surface area contributed by atoms with Crippen LogP contribution in [0.25, 0.3) is 32.9 Å². The molecule has 0 bridgehead atoms. The highest BCUT2D eigenvalue weighted by Gasteiger charge is 2.17. The first-order valence-corrected chi connectivity index (χ1v) is 13.7. The molecule has 1 N–H and O–H groups in total. The Morgan fingerprint density at radius 3 is 2.59 bits per heavy atom. The number of anilines is 1. The van der Waals surface area contributed by atoms with E-state index in [-0.39, 0.29) is 23.4 Å². The number of Topliss-reactive ketones (excluding diaryl/α,β-unsaturated/α-hetero) is 1. The van der Waals surface area contributed by atoms with Crippen LogP contribution < -0.4 is 5.32 Å². The zero-order valence-corrected chi connectivity index (χ0v) is 21.9. The second kappa shape index (κ2) is 11.1. The van der Waals surface area contributed by atoms with Gasteiger partial charge in [-0.2, -0.15) is 0 Å². The molecule has 5 aromatic rings. The van der Waals surface area contributed by atoms with Crippen molar-refractivity contribution in [2.45, 2.75) is 25.5 Å². The van der Waals surface area contributed by atoms with Crippen LogP contribution in [0.5, 0.6) is 0 Å². The first-order valence-electron chi connectivity index (χ1n) is 11.8. The van der Waals surface area contributed by atoms with Gasteiger partial charge in [0.1, 0.15) is 0 Å². The lowest BCUT2D eigenvalue weighted by Crippen LogP contribution is -2.14. The molecule has 5 rings (SSSR count). The molecule has 1 amide bonds. The number of carbonyl (C=O) groups is 2. The summed E-state index contributed by atoms with van der Waals surface area (Å²) in [7, 11) is 0. The highest BCUT2D eigenvalue weighted by molar-refractivity contribution is 7.99. The maximum absolute atomic E-state index is 12.7. The topological polar surface area (TPSA) is 98.0 Å². The molecule has 3 aromatic heterocycles. The molecular weight excluding hydrogens is 504 g/mol. The molecule has 9 heteroatoms. The lowest BCUT2D eigenvalue weighted by molar-refractivity contribution is -0.116. The molecule has 0 radical (unpaired) electrons. The highest BCUT2D eigenvalue weighted by Crippen LogP contribution is 2.34. The molecule has 0 spiro atoms. The van der Waals surface area contributed by atoms with E-state index >= 15 is 0 Å². The van der Waals surface area contributed by atoms with E-state index in [1.807, 2.05) is 61.7 Å². The van der Waals surface area contributed by atoms with Crippen LogP contribution >= 0.6 is 23.1 Å². The Labute approximate surface area is 222 Å². The summed E-state index contributed by atoms with van der Waals surface area (Å²) in [6.07, 6.45) is 0.453. The summed E-state index contributed by atoms with van der Waals surface area (Å²) < 4.78 is 5.95. The minimum atomic E-state index is -0.0702. The van der Waals surface area contributed by atoms with E-state index in [1.54, 1.807) is 35.6 Å². The number of benzene rings is 2. The van der Waals surface area contributed by atoms with Crippen molar-refractivity contribution >= 4 is 51.4 Å². The van der Waals surface area contributed by atoms with Crippen molar-refractivity contribution in [1.29, 1.82) is 0 Å². The van der Waals surface area contributed by atoms with Gasteiger partial charge in [0.15, 0.2) is 5.78 Å². The molecule has 7 nitrogen and oxygen atoms in total. The molecule has 0 saturated carbocycles. The second-order valence-electron chi connectivity index (χ2n) is 8.86. The lowest BCUT2D eigenvalue weighted by atomic mass is 10.1. The minimum Gasteiger partial charge on any atom is -0.411 e. The van der Waals surface area contributed by atoms with Gasteiger partial charge in [-0.05, 0) is 53.8 Å². The summed E-state index contributed by atoms with van der Waals surface area (Å²) in [6.45, 7) is 3.99. The van der Waals surface area contributed by atoms with Gasteiger partial charge >= 0.3 is 0 Å². The quantitative estimate of drug-likeness (QED) is 0.163. The van der Waals surface area contributed by atoms with Crippen molar-refractivity contribution in [3.63, 3.8) is 0 Å². The SMILES string of the molecule is CC(C)CC(=O)Nc1ccc(C(=O)CSc2nnc(-c3cc(-c4cccs4)nc4ccccc34)o2)cc1. The molecule has 0 aliphatic carbocycles. The first-order chi connectivity index (χ1) is 18.0. The van der Waals surface area contributed by atoms with Crippen molar-refractivity contribution in [3.05, 3.63) is 77.7 Å². The van der Waals surface area contributed by atoms with Crippen LogP contribution in [0.15, 0.2) is 81.8 Å². The van der Waals surface area contributed by atoms with Crippen molar-refractivity contribution in [2.75, 3.05) is 11.1 Å². The fraction of sp³-hybridized carbons (Fsp3) is 0.179. The van der Waals surface area contributed by atoms with E-state index in [0.29, 0.717) is 28.8 Å². The molecule has 37 heavy (non-hydrogen) atoms. The average Bonchev–Trinajstić information content (AvgIpc) is 3.59. The van der Waals surface area contributed by atoms with Crippen molar-refractivity contribution in [2.24, 2.45) is 5.92 Å². The number of thiophene rings is 1. The number of aromatic nitrogens is 3. The maximum Gasteiger partial charge on any atom is 0.277 e. The Morgan fingerprint density at radius 1 is 1.03 bits per heavy atom. The van der Waals surface area contributed by atoms with Crippen LogP contribution in [0.2, 0.25) is 0 Å². The molecule has 0 saturated heterocycles. The van der Waals surface area contributed by atoms with Gasteiger partial charge in [0.05, 0.1) is 27.4 Å². The maximum atomic E-state index is 12.7. The summed E-state index contributed by atoms with van der Waals surface area (Å²) in [6, 6.07) is 20.7. The van der Waals surface area contributed by atoms with Crippen LogP contribution in [0.4, 0.5) is 5.69 Å². The fourth-order valence-electron chi connectivity index (χ4n) is 3.81. The smallest absolute Gasteiger partial charge is 0.277 e. The first kappa shape index (κ1) is 24.9. The highest BCUT2D eigenvalue weighted by atomic mass is 32.2. The third kappa shape index (κ3) is 5.95. The van der Waals surface area contributed by atoms with E-state index in [0.717, 1.165) is 27.0 Å². The lowest BCUT2D eigenvalue weighted by Gasteiger charge is -2.07. The van der Waals surface area contributed by atoms with Crippen LogP contribution in [-0.2, 0) is 4.79 Å². The molecule has 0 aliphatic rings. The Bertz CT molecular complexity index is 1540. The fourth-order valence-corrected chi connectivity index (χ4v) is 5.16. The van der Waals surface area contributed by atoms with E-state index in [9.17, 15) is 9.59 Å². The van der Waals surface area contributed by atoms with E-state index < -0.39 is 0 Å². The van der Waals surface area contributed by atoms with E-state index in [4.69, 9.17) is 9.40 Å². The van der Waals surface area contributed by atoms with Gasteiger partial charge in [0.2, 0.25) is 11.8 Å². The zero-order chi connectivity index (χ0) is 25.8. The van der Waals surface area contributed by atoms with Crippen LogP contribution in [0, 0.1) is 5.92 Å². The van der Waals surface area contributed by atoms with Gasteiger partial charge in [-0.3, -0.25) is 9.59 Å². The summed E-state index contributed by atoms with van der Waals surface area (Å²) in [5.41, 5.74) is 3.71. The Hall–Kier alpha value is -3.82. The third-order valence-electron chi connectivity index (χ3n) is 5.54. The number of carbonyl (C=O) groups excluding carboxylic acids is 2. The number of rotatable bonds is 9. The summed E-state index contributed by atoms with van der Waals surface area (Å²) >= 11 is 2.81. The van der Waals surface area contributed by atoms with Crippen LogP contribution in [-0.4, -0.2) is 32.6 Å². The summed E-state index contributed by atoms with van der Waals surface area (Å²) in [4.78, 5) is 30.5. The molecule has 0 aliphatic heterocycles. The number of thioether (sulfide) groups is 1. The van der Waals surface area contributed by atoms with Crippen molar-refractivity contribution < 1.29 is 14.0 Å². The number of hydrogen-bond donors (Lipinski definition) is 1. The van der Waals surface area contributed by atoms with Gasteiger partial charge < -0.3 is 9.73 Å². The summed E-state index contributed by atoms with van der Waals surface area (Å²) in [5.74, 6) is 0.704. The minimum absolute atomic E-state index is 0.0404. The Kier molecular flexibility index (Phi) is 7.43. The zero-order valence-electron chi connectivity index (χ0n) is 20.3. The molecule has 0 atom stereocenters. The number of amides is 1. The largest absolute Gasteiger partial charge is 0.411 e. The van der Waals surface area contributed by atoms with Gasteiger partial charge in [0.25, 0.3) is 5.22 Å². The average molecular weight is 529 g/mol. The monoisotopic (exact) mass is 528 g/mol. The molecule has 2 aromatic carbocycles. The van der Waals surface area contributed by atoms with Crippen molar-refractivity contribution in [1.82, 2.24) is 15.2 Å². The van der Waals surface area contributed by atoms with Crippen LogP contribution in [0.1, 0.15) is 30.6 Å². The van der Waals surface area contributed by atoms with Gasteiger partial charge in [0, 0.05) is 23.1 Å². The molecule has 0 unspecified atom stereocenters. The summed E-state index contributed by atoms with van der Waals surface area (Å²) in [5, 5.41) is 14.5. The molecule has 3 heterocycles. The number of hydrogen-bond acceptors (Lipinski definition) is 8. The van der Waals surface area contributed by atoms with Gasteiger partial charge in [-0.15, -0.1) is 21.5 Å². The predicted octanol–water partition coefficient (Wildman–Crippen LogP) is 6.97. The molecule has 0 fully saturated rings. The van der Waals surface area contributed by atoms with E-state index in [2.05, 4.69) is 15.5 Å².